The zero-order chi connectivity index (χ0) is 16.0. The van der Waals surface area contributed by atoms with Crippen molar-refractivity contribution in [3.8, 4) is 0 Å². The molecule has 21 heavy (non-hydrogen) atoms. The summed E-state index contributed by atoms with van der Waals surface area (Å²) >= 11 is 0. The van der Waals surface area contributed by atoms with Crippen LogP contribution in [0.15, 0.2) is 52.5 Å². The van der Waals surface area contributed by atoms with Crippen molar-refractivity contribution in [2.75, 3.05) is 0 Å². The molecule has 0 spiro atoms. The van der Waals surface area contributed by atoms with Crippen LogP contribution < -0.4 is 11.1 Å². The number of carbonyl (C=O) groups excluding carboxylic acids is 1. The van der Waals surface area contributed by atoms with Crippen molar-refractivity contribution in [2.45, 2.75) is 39.2 Å². The summed E-state index contributed by atoms with van der Waals surface area (Å²) in [4.78, 5) is 15.4. The van der Waals surface area contributed by atoms with E-state index >= 15 is 0 Å². The molecule has 0 aromatic rings. The number of amides is 1. The summed E-state index contributed by atoms with van der Waals surface area (Å²) in [5.74, 6) is 0. The van der Waals surface area contributed by atoms with Crippen molar-refractivity contribution in [3.05, 3.63) is 47.5 Å². The Morgan fingerprint density at radius 3 is 2.67 bits per heavy atom. The van der Waals surface area contributed by atoms with Gasteiger partial charge in [0.05, 0.1) is 5.70 Å². The molecule has 1 aliphatic rings. The minimum absolute atomic E-state index is 0.494. The molecule has 1 rings (SSSR count). The fourth-order valence-electron chi connectivity index (χ4n) is 1.82. The molecule has 0 unspecified atom stereocenters. The number of rotatable bonds is 4. The molecule has 0 aromatic carbocycles. The van der Waals surface area contributed by atoms with Crippen LogP contribution in [0.2, 0.25) is 0 Å². The number of carbonyl (C=O) groups is 1. The highest BCUT2D eigenvalue weighted by Gasteiger charge is 2.19. The molecular formula is C16H23N3O2. The molecule has 0 atom stereocenters. The predicted octanol–water partition coefficient (Wildman–Crippen LogP) is 3.17. The van der Waals surface area contributed by atoms with Crippen molar-refractivity contribution >= 4 is 12.8 Å². The second-order valence-electron chi connectivity index (χ2n) is 5.75. The Labute approximate surface area is 126 Å². The number of hydrogen-bond acceptors (Lipinski definition) is 4. The monoisotopic (exact) mass is 289 g/mol. The Bertz CT molecular complexity index is 534. The maximum Gasteiger partial charge on any atom is 0.411 e. The van der Waals surface area contributed by atoms with Gasteiger partial charge in [0.15, 0.2) is 0 Å². The molecule has 0 saturated carbocycles. The van der Waals surface area contributed by atoms with Crippen molar-refractivity contribution < 1.29 is 9.53 Å². The highest BCUT2D eigenvalue weighted by molar-refractivity contribution is 5.70. The van der Waals surface area contributed by atoms with E-state index in [9.17, 15) is 4.79 Å². The van der Waals surface area contributed by atoms with E-state index in [-0.39, 0.29) is 0 Å². The normalized spacial score (nSPS) is 15.7. The molecule has 5 nitrogen and oxygen atoms in total. The molecule has 0 radical (unpaired) electrons. The van der Waals surface area contributed by atoms with Gasteiger partial charge in [0, 0.05) is 11.9 Å². The number of hydrogen-bond donors (Lipinski definition) is 2. The van der Waals surface area contributed by atoms with Gasteiger partial charge in [-0.1, -0.05) is 6.58 Å². The zero-order valence-corrected chi connectivity index (χ0v) is 12.9. The van der Waals surface area contributed by atoms with Gasteiger partial charge in [0.1, 0.15) is 5.60 Å². The van der Waals surface area contributed by atoms with Crippen LogP contribution in [0.1, 0.15) is 33.6 Å². The number of alkyl carbamates (subject to hydrolysis) is 1. The molecule has 5 heteroatoms. The van der Waals surface area contributed by atoms with Gasteiger partial charge in [-0.25, -0.2) is 4.79 Å². The highest BCUT2D eigenvalue weighted by Crippen LogP contribution is 2.25. The minimum atomic E-state index is -0.536. The third-order valence-electron chi connectivity index (χ3n) is 2.77. The van der Waals surface area contributed by atoms with Crippen LogP contribution >= 0.6 is 0 Å². The summed E-state index contributed by atoms with van der Waals surface area (Å²) in [6, 6.07) is 0. The summed E-state index contributed by atoms with van der Waals surface area (Å²) in [7, 11) is 0. The first-order valence-corrected chi connectivity index (χ1v) is 6.74. The van der Waals surface area contributed by atoms with E-state index in [0.29, 0.717) is 17.8 Å². The Morgan fingerprint density at radius 2 is 2.14 bits per heavy atom. The average molecular weight is 289 g/mol. The largest absolute Gasteiger partial charge is 0.444 e. The molecule has 0 fully saturated rings. The van der Waals surface area contributed by atoms with Gasteiger partial charge in [-0.15, -0.1) is 0 Å². The lowest BCUT2D eigenvalue weighted by Gasteiger charge is -2.23. The first-order valence-electron chi connectivity index (χ1n) is 6.74. The van der Waals surface area contributed by atoms with Crippen molar-refractivity contribution in [2.24, 2.45) is 10.7 Å². The predicted molar refractivity (Wildman–Crippen MR) is 85.7 cm³/mol. The molecule has 0 saturated heterocycles. The van der Waals surface area contributed by atoms with Gasteiger partial charge >= 0.3 is 6.09 Å². The van der Waals surface area contributed by atoms with Crippen LogP contribution in [0.25, 0.3) is 0 Å². The molecule has 0 aliphatic heterocycles. The molecule has 0 aromatic heterocycles. The van der Waals surface area contributed by atoms with Gasteiger partial charge < -0.3 is 10.5 Å². The lowest BCUT2D eigenvalue weighted by molar-refractivity contribution is 0.0543. The van der Waals surface area contributed by atoms with Crippen LogP contribution in [0.3, 0.4) is 0 Å². The van der Waals surface area contributed by atoms with Gasteiger partial charge in [0.25, 0.3) is 0 Å². The van der Waals surface area contributed by atoms with E-state index in [4.69, 9.17) is 10.5 Å². The second kappa shape index (κ2) is 6.92. The third-order valence-corrected chi connectivity index (χ3v) is 2.77. The van der Waals surface area contributed by atoms with Crippen LogP contribution in [0.5, 0.6) is 0 Å². The fraction of sp³-hybridized carbons (Fsp3) is 0.375. The maximum absolute atomic E-state index is 11.7. The average Bonchev–Trinajstić information content (AvgIpc) is 2.36. The van der Waals surface area contributed by atoms with E-state index in [0.717, 1.165) is 17.6 Å². The van der Waals surface area contributed by atoms with Gasteiger partial charge in [-0.05, 0) is 63.6 Å². The van der Waals surface area contributed by atoms with Gasteiger partial charge in [0.2, 0.25) is 0 Å². The van der Waals surface area contributed by atoms with Crippen LogP contribution in [0, 0.1) is 0 Å². The van der Waals surface area contributed by atoms with E-state index in [1.165, 1.54) is 0 Å². The van der Waals surface area contributed by atoms with Crippen molar-refractivity contribution in [1.82, 2.24) is 5.32 Å². The summed E-state index contributed by atoms with van der Waals surface area (Å²) < 4.78 is 5.21. The minimum Gasteiger partial charge on any atom is -0.444 e. The van der Waals surface area contributed by atoms with Gasteiger partial charge in [-0.3, -0.25) is 10.3 Å². The Hall–Kier alpha value is -2.30. The number of nitrogens with zero attached hydrogens (tertiary/aromatic N) is 1. The molecule has 0 heterocycles. The molecule has 3 N–H and O–H groups in total. The lowest BCUT2D eigenvalue weighted by atomic mass is 9.95. The lowest BCUT2D eigenvalue weighted by Crippen LogP contribution is -2.33. The van der Waals surface area contributed by atoms with Crippen molar-refractivity contribution in [1.29, 1.82) is 0 Å². The quantitative estimate of drug-likeness (QED) is 0.616. The topological polar surface area (TPSA) is 76.7 Å². The van der Waals surface area contributed by atoms with E-state index in [1.54, 1.807) is 12.3 Å². The SMILES string of the molecule is C=N/C=C\C(=C)C1=CC(N)=C(NC(=O)OC(C)(C)C)CC1. The maximum atomic E-state index is 11.7. The van der Waals surface area contributed by atoms with Crippen LogP contribution in [-0.2, 0) is 4.74 Å². The zero-order valence-electron chi connectivity index (χ0n) is 12.9. The first-order chi connectivity index (χ1) is 9.73. The molecule has 0 bridgehead atoms. The first kappa shape index (κ1) is 16.8. The number of allylic oxidation sites excluding steroid dienone is 5. The number of nitrogens with one attached hydrogen (secondary N) is 1. The van der Waals surface area contributed by atoms with Crippen molar-refractivity contribution in [3.63, 3.8) is 0 Å². The summed E-state index contributed by atoms with van der Waals surface area (Å²) in [6.07, 6.45) is 6.05. The number of ether oxygens (including phenoxy) is 1. The molecule has 114 valence electrons. The summed E-state index contributed by atoms with van der Waals surface area (Å²) in [6.45, 7) is 12.8. The van der Waals surface area contributed by atoms with E-state index in [1.807, 2.05) is 26.8 Å². The van der Waals surface area contributed by atoms with E-state index in [2.05, 4.69) is 23.6 Å². The fourth-order valence-corrected chi connectivity index (χ4v) is 1.82. The Kier molecular flexibility index (Phi) is 5.52. The highest BCUT2D eigenvalue weighted by atomic mass is 16.6. The second-order valence-corrected chi connectivity index (χ2v) is 5.75. The molecular weight excluding hydrogens is 266 g/mol. The smallest absolute Gasteiger partial charge is 0.411 e. The standard InChI is InChI=1S/C16H23N3O2/c1-11(8-9-18-5)12-6-7-14(13(17)10-12)19-15(20)21-16(2,3)4/h8-10H,1,5-7,17H2,2-4H3,(H,19,20)/b9-8-. The molecule has 1 amide bonds. The number of nitrogens with two attached hydrogens (primary N) is 1. The Balaban J connectivity index is 2.76. The molecule has 1 aliphatic carbocycles. The third kappa shape index (κ3) is 5.69. The number of aliphatic imine (C=N–C) groups is 1. The summed E-state index contributed by atoms with van der Waals surface area (Å²) in [5, 5.41) is 2.70. The van der Waals surface area contributed by atoms with Crippen LogP contribution in [-0.4, -0.2) is 18.4 Å². The Morgan fingerprint density at radius 1 is 1.48 bits per heavy atom. The van der Waals surface area contributed by atoms with E-state index < -0.39 is 11.7 Å². The van der Waals surface area contributed by atoms with Gasteiger partial charge in [-0.2, -0.15) is 0 Å². The summed E-state index contributed by atoms with van der Waals surface area (Å²) in [5.41, 5.74) is 8.48. The van der Waals surface area contributed by atoms with Crippen LogP contribution in [0.4, 0.5) is 4.79 Å².